The van der Waals surface area contributed by atoms with Crippen molar-refractivity contribution in [2.75, 3.05) is 13.2 Å². The quantitative estimate of drug-likeness (QED) is 0.726. The third-order valence-corrected chi connectivity index (χ3v) is 4.00. The predicted octanol–water partition coefficient (Wildman–Crippen LogP) is 2.86. The van der Waals surface area contributed by atoms with Gasteiger partial charge in [0.2, 0.25) is 5.91 Å². The van der Waals surface area contributed by atoms with Crippen molar-refractivity contribution < 1.29 is 9.53 Å². The SMILES string of the molecule is C=CC(=O)N(CCOC1CCC1)Cc1cnc(C(C)(C)C)nc1. The van der Waals surface area contributed by atoms with E-state index in [9.17, 15) is 4.79 Å². The fourth-order valence-corrected chi connectivity index (χ4v) is 2.31. The second kappa shape index (κ2) is 7.68. The van der Waals surface area contributed by atoms with Crippen molar-refractivity contribution in [3.8, 4) is 0 Å². The van der Waals surface area contributed by atoms with Crippen molar-refractivity contribution in [2.24, 2.45) is 0 Å². The molecule has 1 aromatic heterocycles. The van der Waals surface area contributed by atoms with E-state index in [-0.39, 0.29) is 11.3 Å². The molecule has 1 amide bonds. The molecule has 5 heteroatoms. The van der Waals surface area contributed by atoms with Gasteiger partial charge in [0.25, 0.3) is 0 Å². The molecule has 0 aromatic carbocycles. The highest BCUT2D eigenvalue weighted by Gasteiger charge is 2.20. The third kappa shape index (κ3) is 5.13. The summed E-state index contributed by atoms with van der Waals surface area (Å²) in [5.41, 5.74) is 0.836. The van der Waals surface area contributed by atoms with Crippen molar-refractivity contribution in [2.45, 2.75) is 58.1 Å². The number of amides is 1. The smallest absolute Gasteiger partial charge is 0.246 e. The van der Waals surface area contributed by atoms with Gasteiger partial charge in [-0.05, 0) is 25.3 Å². The molecular weight excluding hydrogens is 290 g/mol. The summed E-state index contributed by atoms with van der Waals surface area (Å²) in [6.07, 6.45) is 8.83. The lowest BCUT2D eigenvalue weighted by Gasteiger charge is -2.27. The molecule has 1 fully saturated rings. The number of aromatic nitrogens is 2. The molecular formula is C18H27N3O2. The van der Waals surface area contributed by atoms with Gasteiger partial charge < -0.3 is 9.64 Å². The van der Waals surface area contributed by atoms with Gasteiger partial charge in [-0.2, -0.15) is 0 Å². The second-order valence-electron chi connectivity index (χ2n) is 7.05. The molecule has 2 rings (SSSR count). The molecule has 126 valence electrons. The Balaban J connectivity index is 1.93. The summed E-state index contributed by atoms with van der Waals surface area (Å²) in [6, 6.07) is 0. The zero-order valence-corrected chi connectivity index (χ0v) is 14.4. The first-order valence-corrected chi connectivity index (χ1v) is 8.24. The van der Waals surface area contributed by atoms with Crippen molar-refractivity contribution in [1.29, 1.82) is 0 Å². The number of carbonyl (C=O) groups excluding carboxylic acids is 1. The molecule has 1 heterocycles. The summed E-state index contributed by atoms with van der Waals surface area (Å²) in [7, 11) is 0. The highest BCUT2D eigenvalue weighted by Crippen LogP contribution is 2.21. The summed E-state index contributed by atoms with van der Waals surface area (Å²) in [4.78, 5) is 22.6. The Morgan fingerprint density at radius 1 is 1.39 bits per heavy atom. The Morgan fingerprint density at radius 3 is 2.52 bits per heavy atom. The van der Waals surface area contributed by atoms with Gasteiger partial charge in [-0.1, -0.05) is 27.4 Å². The highest BCUT2D eigenvalue weighted by atomic mass is 16.5. The van der Waals surface area contributed by atoms with E-state index in [0.717, 1.165) is 24.2 Å². The molecule has 0 spiro atoms. The average Bonchev–Trinajstić information content (AvgIpc) is 2.47. The van der Waals surface area contributed by atoms with E-state index in [1.807, 2.05) is 0 Å². The van der Waals surface area contributed by atoms with E-state index in [4.69, 9.17) is 4.74 Å². The maximum Gasteiger partial charge on any atom is 0.246 e. The Bertz CT molecular complexity index is 530. The summed E-state index contributed by atoms with van der Waals surface area (Å²) < 4.78 is 5.75. The molecule has 0 aliphatic heterocycles. The molecule has 1 saturated carbocycles. The van der Waals surface area contributed by atoms with Gasteiger partial charge in [0.15, 0.2) is 0 Å². The van der Waals surface area contributed by atoms with Crippen LogP contribution in [0.3, 0.4) is 0 Å². The molecule has 23 heavy (non-hydrogen) atoms. The Hall–Kier alpha value is -1.75. The summed E-state index contributed by atoms with van der Waals surface area (Å²) in [5, 5.41) is 0. The van der Waals surface area contributed by atoms with Crippen molar-refractivity contribution in [3.05, 3.63) is 36.4 Å². The van der Waals surface area contributed by atoms with Crippen LogP contribution in [0.15, 0.2) is 25.0 Å². The molecule has 1 aliphatic rings. The van der Waals surface area contributed by atoms with Crippen LogP contribution < -0.4 is 0 Å². The zero-order valence-electron chi connectivity index (χ0n) is 14.4. The van der Waals surface area contributed by atoms with E-state index in [1.54, 1.807) is 17.3 Å². The average molecular weight is 317 g/mol. The van der Waals surface area contributed by atoms with E-state index < -0.39 is 0 Å². The van der Waals surface area contributed by atoms with Gasteiger partial charge in [-0.3, -0.25) is 4.79 Å². The van der Waals surface area contributed by atoms with E-state index in [2.05, 4.69) is 37.3 Å². The maximum absolute atomic E-state index is 12.0. The van der Waals surface area contributed by atoms with Crippen molar-refractivity contribution in [1.82, 2.24) is 14.9 Å². The largest absolute Gasteiger partial charge is 0.376 e. The minimum Gasteiger partial charge on any atom is -0.376 e. The second-order valence-corrected chi connectivity index (χ2v) is 7.05. The first-order chi connectivity index (χ1) is 10.9. The zero-order chi connectivity index (χ0) is 16.9. The van der Waals surface area contributed by atoms with Crippen LogP contribution in [0.5, 0.6) is 0 Å². The summed E-state index contributed by atoms with van der Waals surface area (Å²) in [6.45, 7) is 11.4. The number of rotatable bonds is 7. The molecule has 0 radical (unpaired) electrons. The Morgan fingerprint density at radius 2 is 2.04 bits per heavy atom. The number of ether oxygens (including phenoxy) is 1. The normalized spacial score (nSPS) is 15.1. The third-order valence-electron chi connectivity index (χ3n) is 4.00. The number of hydrogen-bond acceptors (Lipinski definition) is 4. The molecule has 0 atom stereocenters. The van der Waals surface area contributed by atoms with Crippen LogP contribution in [0.2, 0.25) is 0 Å². The highest BCUT2D eigenvalue weighted by molar-refractivity contribution is 5.86. The monoisotopic (exact) mass is 317 g/mol. The van der Waals surface area contributed by atoms with Crippen molar-refractivity contribution >= 4 is 5.91 Å². The maximum atomic E-state index is 12.0. The molecule has 0 unspecified atom stereocenters. The fourth-order valence-electron chi connectivity index (χ4n) is 2.31. The fraction of sp³-hybridized carbons (Fsp3) is 0.611. The summed E-state index contributed by atoms with van der Waals surface area (Å²) in [5.74, 6) is 0.707. The topological polar surface area (TPSA) is 55.3 Å². The van der Waals surface area contributed by atoms with Gasteiger partial charge in [0.05, 0.1) is 12.7 Å². The van der Waals surface area contributed by atoms with Crippen LogP contribution in [0.4, 0.5) is 0 Å². The first-order valence-electron chi connectivity index (χ1n) is 8.24. The number of hydrogen-bond donors (Lipinski definition) is 0. The molecule has 0 bridgehead atoms. The van der Waals surface area contributed by atoms with Gasteiger partial charge >= 0.3 is 0 Å². The van der Waals surface area contributed by atoms with Gasteiger partial charge in [0, 0.05) is 36.5 Å². The van der Waals surface area contributed by atoms with Crippen LogP contribution in [0.25, 0.3) is 0 Å². The predicted molar refractivity (Wildman–Crippen MR) is 89.9 cm³/mol. The van der Waals surface area contributed by atoms with Crippen LogP contribution in [-0.2, 0) is 21.5 Å². The lowest BCUT2D eigenvalue weighted by Crippen LogP contribution is -2.34. The van der Waals surface area contributed by atoms with Crippen LogP contribution in [0, 0.1) is 0 Å². The Kier molecular flexibility index (Phi) is 5.88. The van der Waals surface area contributed by atoms with Gasteiger partial charge in [-0.15, -0.1) is 0 Å². The lowest BCUT2D eigenvalue weighted by molar-refractivity contribution is -0.128. The number of nitrogens with zero attached hydrogens (tertiary/aromatic N) is 3. The molecule has 0 saturated heterocycles. The summed E-state index contributed by atoms with van der Waals surface area (Å²) >= 11 is 0. The molecule has 1 aliphatic carbocycles. The first kappa shape index (κ1) is 17.6. The van der Waals surface area contributed by atoms with E-state index in [0.29, 0.717) is 25.8 Å². The minimum atomic E-state index is -0.0953. The molecule has 5 nitrogen and oxygen atoms in total. The molecule has 1 aromatic rings. The van der Waals surface area contributed by atoms with Crippen molar-refractivity contribution in [3.63, 3.8) is 0 Å². The van der Waals surface area contributed by atoms with E-state index >= 15 is 0 Å². The standard InChI is InChI=1S/C18H27N3O2/c1-5-16(22)21(9-10-23-15-7-6-8-15)13-14-11-19-17(20-12-14)18(2,3)4/h5,11-12,15H,1,6-10,13H2,2-4H3. The van der Waals surface area contributed by atoms with Crippen LogP contribution in [0.1, 0.15) is 51.4 Å². The van der Waals surface area contributed by atoms with E-state index in [1.165, 1.54) is 12.5 Å². The van der Waals surface area contributed by atoms with Gasteiger partial charge in [-0.25, -0.2) is 9.97 Å². The number of carbonyl (C=O) groups is 1. The van der Waals surface area contributed by atoms with Crippen LogP contribution >= 0.6 is 0 Å². The molecule has 0 N–H and O–H groups in total. The van der Waals surface area contributed by atoms with Gasteiger partial charge in [0.1, 0.15) is 5.82 Å². The lowest BCUT2D eigenvalue weighted by atomic mass is 9.96. The minimum absolute atomic E-state index is 0.0776. The van der Waals surface area contributed by atoms with Crippen LogP contribution in [-0.4, -0.2) is 40.0 Å². The Labute approximate surface area is 138 Å².